The second-order valence-electron chi connectivity index (χ2n) is 8.80. The first-order chi connectivity index (χ1) is 17.6. The molecule has 0 aliphatic carbocycles. The van der Waals surface area contributed by atoms with Crippen LogP contribution in [-0.4, -0.2) is 48.9 Å². The van der Waals surface area contributed by atoms with Crippen LogP contribution in [0.15, 0.2) is 59.9 Å². The number of nitrogens with zero attached hydrogens (tertiary/aromatic N) is 1. The van der Waals surface area contributed by atoms with Crippen LogP contribution in [0, 0.1) is 0 Å². The number of methoxy groups -OCH3 is 1. The zero-order chi connectivity index (χ0) is 26.7. The third kappa shape index (κ3) is 5.65. The van der Waals surface area contributed by atoms with Gasteiger partial charge in [0.1, 0.15) is 11.6 Å². The Labute approximate surface area is 211 Å². The Morgan fingerprint density at radius 3 is 2.54 bits per heavy atom. The minimum absolute atomic E-state index is 0.00141. The molecule has 0 saturated carbocycles. The predicted molar refractivity (Wildman–Crippen MR) is 128 cm³/mol. The largest absolute Gasteiger partial charge is 0.496 e. The van der Waals surface area contributed by atoms with Crippen molar-refractivity contribution in [3.63, 3.8) is 0 Å². The predicted octanol–water partition coefficient (Wildman–Crippen LogP) is 2.25. The van der Waals surface area contributed by atoms with Crippen molar-refractivity contribution in [3.8, 4) is 5.75 Å². The van der Waals surface area contributed by atoms with Crippen LogP contribution < -0.4 is 26.9 Å². The van der Waals surface area contributed by atoms with Crippen molar-refractivity contribution in [3.05, 3.63) is 76.6 Å². The lowest BCUT2D eigenvalue weighted by atomic mass is 9.98. The number of hydrogen-bond donors (Lipinski definition) is 4. The maximum Gasteiger partial charge on any atom is 0.414 e. The molecule has 4 rings (SSSR count). The van der Waals surface area contributed by atoms with Crippen LogP contribution >= 0.6 is 0 Å². The van der Waals surface area contributed by atoms with Crippen molar-refractivity contribution >= 4 is 11.8 Å². The molecule has 2 aromatic carbocycles. The van der Waals surface area contributed by atoms with Crippen LogP contribution in [-0.2, 0) is 16.1 Å². The minimum Gasteiger partial charge on any atom is -0.496 e. The summed E-state index contributed by atoms with van der Waals surface area (Å²) >= 11 is 0. The van der Waals surface area contributed by atoms with E-state index in [1.807, 2.05) is 0 Å². The molecule has 3 unspecified atom stereocenters. The molecule has 2 aliphatic rings. The molecule has 2 heterocycles. The number of nitrogens with two attached hydrogens (primary N) is 2. The fourth-order valence-corrected chi connectivity index (χ4v) is 4.54. The van der Waals surface area contributed by atoms with Gasteiger partial charge in [0.15, 0.2) is 6.10 Å². The summed E-state index contributed by atoms with van der Waals surface area (Å²) in [5.74, 6) is -0.611. The number of ether oxygens (including phenoxy) is 2. The standard InChI is InChI=1S/C25H28F3N5O4/c1-36-18-5-3-2-4-17(18)24(35)31-13-14-6-8-15(9-7-14)21-20(23(30)34)22(29)33(32-21)16-10-11-37-19(12-16)25(26,27)28/h2-9,16,19,21,32H,10-13,29H2,1H3,(H2,30,34)(H,31,35). The van der Waals surface area contributed by atoms with Gasteiger partial charge >= 0.3 is 6.18 Å². The number of para-hydroxylation sites is 1. The Balaban J connectivity index is 1.46. The number of halogens is 3. The van der Waals surface area contributed by atoms with Gasteiger partial charge in [-0.05, 0) is 29.7 Å². The van der Waals surface area contributed by atoms with Gasteiger partial charge in [0.05, 0.1) is 30.3 Å². The molecule has 2 aromatic rings. The van der Waals surface area contributed by atoms with Gasteiger partial charge in [-0.3, -0.25) is 14.6 Å². The van der Waals surface area contributed by atoms with Gasteiger partial charge in [0.2, 0.25) is 5.91 Å². The number of carbonyl (C=O) groups is 2. The van der Waals surface area contributed by atoms with Gasteiger partial charge in [0.25, 0.3) is 5.91 Å². The highest BCUT2D eigenvalue weighted by Gasteiger charge is 2.47. The Hall–Kier alpha value is -3.77. The topological polar surface area (TPSA) is 132 Å². The molecule has 2 aliphatic heterocycles. The van der Waals surface area contributed by atoms with E-state index in [2.05, 4.69) is 10.7 Å². The van der Waals surface area contributed by atoms with E-state index < -0.39 is 30.3 Å². The number of amides is 2. The summed E-state index contributed by atoms with van der Waals surface area (Å²) in [4.78, 5) is 24.8. The summed E-state index contributed by atoms with van der Waals surface area (Å²) in [6.45, 7) is 0.148. The number of nitrogens with one attached hydrogen (secondary N) is 2. The third-order valence-electron chi connectivity index (χ3n) is 6.46. The van der Waals surface area contributed by atoms with Crippen LogP contribution in [0.4, 0.5) is 13.2 Å². The molecule has 3 atom stereocenters. The molecule has 198 valence electrons. The van der Waals surface area contributed by atoms with Gasteiger partial charge in [-0.2, -0.15) is 13.2 Å². The second kappa shape index (κ2) is 10.7. The normalized spacial score (nSPS) is 22.2. The third-order valence-corrected chi connectivity index (χ3v) is 6.46. The molecule has 1 saturated heterocycles. The first-order valence-corrected chi connectivity index (χ1v) is 11.6. The molecule has 0 spiro atoms. The summed E-state index contributed by atoms with van der Waals surface area (Å²) in [6.07, 6.45) is -6.45. The molecule has 1 fully saturated rings. The fourth-order valence-electron chi connectivity index (χ4n) is 4.54. The Morgan fingerprint density at radius 2 is 1.89 bits per heavy atom. The Morgan fingerprint density at radius 1 is 1.19 bits per heavy atom. The Kier molecular flexibility index (Phi) is 7.60. The summed E-state index contributed by atoms with van der Waals surface area (Å²) < 4.78 is 49.7. The summed E-state index contributed by atoms with van der Waals surface area (Å²) in [7, 11) is 1.49. The number of alkyl halides is 3. The van der Waals surface area contributed by atoms with Gasteiger partial charge < -0.3 is 26.3 Å². The second-order valence-corrected chi connectivity index (χ2v) is 8.80. The van der Waals surface area contributed by atoms with Crippen LogP contribution in [0.2, 0.25) is 0 Å². The highest BCUT2D eigenvalue weighted by molar-refractivity contribution is 5.97. The van der Waals surface area contributed by atoms with Crippen molar-refractivity contribution in [2.24, 2.45) is 11.5 Å². The van der Waals surface area contributed by atoms with E-state index in [4.69, 9.17) is 20.9 Å². The van der Waals surface area contributed by atoms with Crippen molar-refractivity contribution < 1.29 is 32.2 Å². The molecule has 0 bridgehead atoms. The molecule has 37 heavy (non-hydrogen) atoms. The number of hydrogen-bond acceptors (Lipinski definition) is 7. The Bertz CT molecular complexity index is 1190. The van der Waals surface area contributed by atoms with Crippen molar-refractivity contribution in [1.82, 2.24) is 15.8 Å². The summed E-state index contributed by atoms with van der Waals surface area (Å²) in [5, 5.41) is 4.23. The highest BCUT2D eigenvalue weighted by Crippen LogP contribution is 2.36. The average Bonchev–Trinajstić information content (AvgIpc) is 3.24. The monoisotopic (exact) mass is 519 g/mol. The lowest BCUT2D eigenvalue weighted by Gasteiger charge is -2.37. The number of carbonyl (C=O) groups excluding carboxylic acids is 2. The number of hydrazine groups is 1. The quantitative estimate of drug-likeness (QED) is 0.441. The van der Waals surface area contributed by atoms with Crippen molar-refractivity contribution in [2.45, 2.75) is 43.8 Å². The van der Waals surface area contributed by atoms with E-state index in [1.54, 1.807) is 48.5 Å². The molecular formula is C25H28F3N5O4. The zero-order valence-corrected chi connectivity index (χ0v) is 20.0. The van der Waals surface area contributed by atoms with Gasteiger partial charge in [-0.15, -0.1) is 0 Å². The maximum absolute atomic E-state index is 13.2. The van der Waals surface area contributed by atoms with Crippen LogP contribution in [0.5, 0.6) is 5.75 Å². The van der Waals surface area contributed by atoms with E-state index >= 15 is 0 Å². The first-order valence-electron chi connectivity index (χ1n) is 11.6. The van der Waals surface area contributed by atoms with Gasteiger partial charge in [0, 0.05) is 19.6 Å². The molecule has 2 amide bonds. The number of primary amides is 1. The molecule has 0 radical (unpaired) electrons. The van der Waals surface area contributed by atoms with Crippen LogP contribution in [0.1, 0.15) is 40.4 Å². The van der Waals surface area contributed by atoms with Gasteiger partial charge in [-0.1, -0.05) is 36.4 Å². The van der Waals surface area contributed by atoms with Crippen LogP contribution in [0.25, 0.3) is 0 Å². The zero-order valence-electron chi connectivity index (χ0n) is 20.0. The van der Waals surface area contributed by atoms with Gasteiger partial charge in [-0.25, -0.2) is 5.43 Å². The number of rotatable bonds is 7. The van der Waals surface area contributed by atoms with E-state index in [9.17, 15) is 22.8 Å². The smallest absolute Gasteiger partial charge is 0.414 e. The van der Waals surface area contributed by atoms with Crippen molar-refractivity contribution in [2.75, 3.05) is 13.7 Å². The molecule has 6 N–H and O–H groups in total. The highest BCUT2D eigenvalue weighted by atomic mass is 19.4. The lowest BCUT2D eigenvalue weighted by molar-refractivity contribution is -0.236. The van der Waals surface area contributed by atoms with E-state index in [0.717, 1.165) is 5.56 Å². The summed E-state index contributed by atoms with van der Waals surface area (Å²) in [6, 6.07) is 12.5. The minimum atomic E-state index is -4.50. The first kappa shape index (κ1) is 26.3. The van der Waals surface area contributed by atoms with Crippen molar-refractivity contribution in [1.29, 1.82) is 0 Å². The maximum atomic E-state index is 13.2. The number of benzene rings is 2. The molecular weight excluding hydrogens is 491 g/mol. The average molecular weight is 520 g/mol. The van der Waals surface area contributed by atoms with E-state index in [-0.39, 0.29) is 36.9 Å². The SMILES string of the molecule is COc1ccccc1C(=O)NCc1ccc(C2NN(C3CCOC(C(F)(F)F)C3)C(N)=C2C(N)=O)cc1. The molecule has 9 nitrogen and oxygen atoms in total. The lowest BCUT2D eigenvalue weighted by Crippen LogP contribution is -2.50. The van der Waals surface area contributed by atoms with E-state index in [1.165, 1.54) is 12.1 Å². The molecule has 12 heteroatoms. The summed E-state index contributed by atoms with van der Waals surface area (Å²) in [5.41, 5.74) is 16.7. The van der Waals surface area contributed by atoms with E-state index in [0.29, 0.717) is 23.3 Å². The van der Waals surface area contributed by atoms with Crippen LogP contribution in [0.3, 0.4) is 0 Å². The fraction of sp³-hybridized carbons (Fsp3) is 0.360. The molecule has 0 aromatic heterocycles.